The Morgan fingerprint density at radius 2 is 2.11 bits per heavy atom. The van der Waals surface area contributed by atoms with Crippen molar-refractivity contribution < 1.29 is 0 Å². The van der Waals surface area contributed by atoms with Gasteiger partial charge in [-0.05, 0) is 55.2 Å². The molecule has 1 aromatic carbocycles. The first-order chi connectivity index (χ1) is 9.10. The minimum absolute atomic E-state index is 0.653. The Labute approximate surface area is 138 Å². The van der Waals surface area contributed by atoms with Gasteiger partial charge in [-0.25, -0.2) is 0 Å². The van der Waals surface area contributed by atoms with Crippen LogP contribution in [0.4, 0.5) is 0 Å². The fourth-order valence-corrected chi connectivity index (χ4v) is 4.59. The Kier molecular flexibility index (Phi) is 6.23. The Balaban J connectivity index is 2.03. The van der Waals surface area contributed by atoms with Crippen LogP contribution in [-0.2, 0) is 6.42 Å². The molecule has 0 aliphatic heterocycles. The Hall–Kier alpha value is 0.470. The van der Waals surface area contributed by atoms with Crippen molar-refractivity contribution in [2.24, 2.45) is 11.8 Å². The first-order valence-electron chi connectivity index (χ1n) is 7.18. The number of hydrogen-bond donors (Lipinski definition) is 0. The summed E-state index contributed by atoms with van der Waals surface area (Å²) in [7, 11) is 0. The van der Waals surface area contributed by atoms with E-state index in [4.69, 9.17) is 11.6 Å². The highest BCUT2D eigenvalue weighted by molar-refractivity contribution is 9.10. The summed E-state index contributed by atoms with van der Waals surface area (Å²) in [6.07, 6.45) is 7.82. The predicted octanol–water partition coefficient (Wildman–Crippen LogP) is 6.62. The van der Waals surface area contributed by atoms with Crippen LogP contribution in [0.15, 0.2) is 22.7 Å². The van der Waals surface area contributed by atoms with E-state index < -0.39 is 0 Å². The van der Waals surface area contributed by atoms with E-state index in [1.807, 2.05) is 6.07 Å². The van der Waals surface area contributed by atoms with Crippen molar-refractivity contribution in [1.29, 1.82) is 0 Å². The molecular weight excluding hydrogens is 387 g/mol. The lowest BCUT2D eigenvalue weighted by atomic mass is 9.77. The van der Waals surface area contributed by atoms with Gasteiger partial charge in [-0.15, -0.1) is 0 Å². The zero-order valence-corrected chi connectivity index (χ0v) is 15.3. The number of rotatable bonds is 4. The lowest BCUT2D eigenvalue weighted by molar-refractivity contribution is 0.263. The van der Waals surface area contributed by atoms with Crippen LogP contribution in [0, 0.1) is 11.8 Å². The average Bonchev–Trinajstić information content (AvgIpc) is 2.37. The van der Waals surface area contributed by atoms with Crippen molar-refractivity contribution in [2.75, 3.05) is 0 Å². The van der Waals surface area contributed by atoms with Crippen LogP contribution in [0.25, 0.3) is 0 Å². The van der Waals surface area contributed by atoms with Crippen LogP contribution in [0.3, 0.4) is 0 Å². The van der Waals surface area contributed by atoms with Gasteiger partial charge in [-0.2, -0.15) is 0 Å². The maximum Gasteiger partial charge on any atom is 0.0449 e. The van der Waals surface area contributed by atoms with E-state index in [-0.39, 0.29) is 0 Å². The molecule has 0 N–H and O–H groups in total. The van der Waals surface area contributed by atoms with E-state index in [1.165, 1.54) is 37.7 Å². The van der Waals surface area contributed by atoms with Crippen LogP contribution in [-0.4, -0.2) is 4.83 Å². The standard InChI is InChI=1S/C16H21Br2Cl/c1-2-3-11-4-7-15(18)13(8-11)9-12-5-6-14(17)10-16(12)19/h5-6,10-11,13,15H,2-4,7-9H2,1H3. The van der Waals surface area contributed by atoms with Gasteiger partial charge >= 0.3 is 0 Å². The maximum absolute atomic E-state index is 6.35. The van der Waals surface area contributed by atoms with Crippen molar-refractivity contribution in [3.05, 3.63) is 33.3 Å². The lowest BCUT2D eigenvalue weighted by Crippen LogP contribution is -2.26. The molecule has 106 valence electrons. The fraction of sp³-hybridized carbons (Fsp3) is 0.625. The monoisotopic (exact) mass is 406 g/mol. The van der Waals surface area contributed by atoms with Crippen molar-refractivity contribution in [1.82, 2.24) is 0 Å². The van der Waals surface area contributed by atoms with Crippen LogP contribution < -0.4 is 0 Å². The minimum atomic E-state index is 0.653. The van der Waals surface area contributed by atoms with E-state index in [9.17, 15) is 0 Å². The van der Waals surface area contributed by atoms with E-state index in [1.54, 1.807) is 0 Å². The molecule has 19 heavy (non-hydrogen) atoms. The van der Waals surface area contributed by atoms with E-state index >= 15 is 0 Å². The largest absolute Gasteiger partial charge is 0.0888 e. The highest BCUT2D eigenvalue weighted by Gasteiger charge is 2.28. The number of alkyl halides is 1. The Morgan fingerprint density at radius 1 is 1.32 bits per heavy atom. The summed E-state index contributed by atoms with van der Waals surface area (Å²) in [6.45, 7) is 2.29. The molecule has 0 aromatic heterocycles. The summed E-state index contributed by atoms with van der Waals surface area (Å²) in [4.78, 5) is 0.653. The second kappa shape index (κ2) is 7.47. The molecule has 3 atom stereocenters. The van der Waals surface area contributed by atoms with Gasteiger partial charge in [0.2, 0.25) is 0 Å². The van der Waals surface area contributed by atoms with Crippen molar-refractivity contribution in [3.8, 4) is 0 Å². The first kappa shape index (κ1) is 15.9. The van der Waals surface area contributed by atoms with Crippen LogP contribution in [0.1, 0.15) is 44.6 Å². The van der Waals surface area contributed by atoms with Crippen LogP contribution in [0.2, 0.25) is 5.02 Å². The fourth-order valence-electron chi connectivity index (χ4n) is 3.18. The van der Waals surface area contributed by atoms with Crippen molar-refractivity contribution >= 4 is 43.5 Å². The van der Waals surface area contributed by atoms with Crippen LogP contribution in [0.5, 0.6) is 0 Å². The second-order valence-corrected chi connectivity index (χ2v) is 8.18. The van der Waals surface area contributed by atoms with Crippen molar-refractivity contribution in [3.63, 3.8) is 0 Å². The van der Waals surface area contributed by atoms with Gasteiger partial charge in [-0.1, -0.05) is 69.3 Å². The molecule has 0 nitrogen and oxygen atoms in total. The predicted molar refractivity (Wildman–Crippen MR) is 91.3 cm³/mol. The topological polar surface area (TPSA) is 0 Å². The molecule has 1 aliphatic carbocycles. The summed E-state index contributed by atoms with van der Waals surface area (Å²) < 4.78 is 1.06. The molecule has 0 bridgehead atoms. The third-order valence-electron chi connectivity index (χ3n) is 4.19. The van der Waals surface area contributed by atoms with E-state index in [2.05, 4.69) is 50.9 Å². The highest BCUT2D eigenvalue weighted by atomic mass is 79.9. The summed E-state index contributed by atoms with van der Waals surface area (Å²) in [5, 5.41) is 0.895. The van der Waals surface area contributed by atoms with Crippen molar-refractivity contribution in [2.45, 2.75) is 50.3 Å². The minimum Gasteiger partial charge on any atom is -0.0888 e. The second-order valence-electron chi connectivity index (χ2n) is 5.68. The van der Waals surface area contributed by atoms with E-state index in [0.717, 1.165) is 27.8 Å². The van der Waals surface area contributed by atoms with Gasteiger partial charge in [-0.3, -0.25) is 0 Å². The number of benzene rings is 1. The van der Waals surface area contributed by atoms with Gasteiger partial charge in [0.05, 0.1) is 0 Å². The van der Waals surface area contributed by atoms with Crippen LogP contribution >= 0.6 is 43.5 Å². The quantitative estimate of drug-likeness (QED) is 0.491. The summed E-state index contributed by atoms with van der Waals surface area (Å²) in [5.41, 5.74) is 1.29. The summed E-state index contributed by atoms with van der Waals surface area (Å²) in [5.74, 6) is 1.64. The SMILES string of the molecule is CCCC1CCC(Br)C(Cc2ccc(Br)cc2Cl)C1. The molecule has 1 aliphatic rings. The molecule has 0 saturated heterocycles. The smallest absolute Gasteiger partial charge is 0.0449 e. The maximum atomic E-state index is 6.35. The molecule has 0 heterocycles. The molecule has 0 amide bonds. The third-order valence-corrected chi connectivity index (χ3v) is 6.24. The zero-order valence-electron chi connectivity index (χ0n) is 11.3. The van der Waals surface area contributed by atoms with Gasteiger partial charge in [0.1, 0.15) is 0 Å². The number of hydrogen-bond acceptors (Lipinski definition) is 0. The molecular formula is C16H21Br2Cl. The summed E-state index contributed by atoms with van der Waals surface area (Å²) >= 11 is 13.7. The Morgan fingerprint density at radius 3 is 2.79 bits per heavy atom. The molecule has 0 spiro atoms. The van der Waals surface area contributed by atoms with Gasteiger partial charge < -0.3 is 0 Å². The molecule has 3 heteroatoms. The highest BCUT2D eigenvalue weighted by Crippen LogP contribution is 2.38. The molecule has 1 fully saturated rings. The molecule has 2 rings (SSSR count). The number of halogens is 3. The Bertz CT molecular complexity index is 419. The summed E-state index contributed by atoms with van der Waals surface area (Å²) in [6, 6.07) is 6.26. The molecule has 3 unspecified atom stereocenters. The zero-order chi connectivity index (χ0) is 13.8. The van der Waals surface area contributed by atoms with Gasteiger partial charge in [0, 0.05) is 14.3 Å². The molecule has 0 radical (unpaired) electrons. The van der Waals surface area contributed by atoms with Gasteiger partial charge in [0.25, 0.3) is 0 Å². The van der Waals surface area contributed by atoms with Gasteiger partial charge in [0.15, 0.2) is 0 Å². The van der Waals surface area contributed by atoms with E-state index in [0.29, 0.717) is 4.83 Å². The normalized spacial score (nSPS) is 27.5. The lowest BCUT2D eigenvalue weighted by Gasteiger charge is -2.33. The molecule has 1 aromatic rings. The first-order valence-corrected chi connectivity index (χ1v) is 9.26. The molecule has 1 saturated carbocycles. The third kappa shape index (κ3) is 4.47. The average molecular weight is 409 g/mol.